The number of carbonyl (C=O) groups is 1. The topological polar surface area (TPSA) is 46.9 Å². The van der Waals surface area contributed by atoms with Crippen LogP contribution in [-0.2, 0) is 18.0 Å². The Hall–Kier alpha value is -3.16. The summed E-state index contributed by atoms with van der Waals surface area (Å²) in [4.78, 5) is 17.1. The number of aryl methyl sites for hydroxylation is 1. The number of hydrogen-bond acceptors (Lipinski definition) is 2. The molecule has 0 radical (unpaired) electrons. The Bertz CT molecular complexity index is 1060. The van der Waals surface area contributed by atoms with Gasteiger partial charge in [-0.2, -0.15) is 13.2 Å². The van der Waals surface area contributed by atoms with Crippen molar-refractivity contribution in [3.63, 3.8) is 0 Å². The van der Waals surface area contributed by atoms with E-state index in [4.69, 9.17) is 0 Å². The fourth-order valence-corrected chi connectivity index (χ4v) is 3.67. The van der Waals surface area contributed by atoms with Gasteiger partial charge in [-0.3, -0.25) is 4.79 Å². The van der Waals surface area contributed by atoms with Crippen molar-refractivity contribution in [1.29, 1.82) is 0 Å². The van der Waals surface area contributed by atoms with Crippen molar-refractivity contribution in [2.24, 2.45) is 13.0 Å². The zero-order valence-corrected chi connectivity index (χ0v) is 16.0. The number of amides is 1. The molecule has 0 spiro atoms. The lowest BCUT2D eigenvalue weighted by molar-refractivity contribution is -0.137. The van der Waals surface area contributed by atoms with E-state index in [0.29, 0.717) is 23.4 Å². The van der Waals surface area contributed by atoms with Gasteiger partial charge in [0, 0.05) is 30.9 Å². The highest BCUT2D eigenvalue weighted by molar-refractivity contribution is 5.83. The molecule has 8 heteroatoms. The van der Waals surface area contributed by atoms with Crippen LogP contribution in [0.2, 0.25) is 0 Å². The molecular weight excluding hydrogens is 398 g/mol. The van der Waals surface area contributed by atoms with Crippen LogP contribution in [0.3, 0.4) is 0 Å². The van der Waals surface area contributed by atoms with Gasteiger partial charge in [-0.05, 0) is 36.1 Å². The average Bonchev–Trinajstić information content (AvgIpc) is 3.41. The normalized spacial score (nSPS) is 19.4. The highest BCUT2D eigenvalue weighted by Crippen LogP contribution is 2.48. The van der Waals surface area contributed by atoms with E-state index in [-0.39, 0.29) is 17.7 Å². The predicted octanol–water partition coefficient (Wildman–Crippen LogP) is 4.59. The summed E-state index contributed by atoms with van der Waals surface area (Å²) >= 11 is 0. The molecule has 3 unspecified atom stereocenters. The van der Waals surface area contributed by atoms with Gasteiger partial charge in [0.25, 0.3) is 0 Å². The molecule has 3 aromatic rings. The van der Waals surface area contributed by atoms with Crippen LogP contribution in [0.5, 0.6) is 0 Å². The lowest BCUT2D eigenvalue weighted by atomic mass is 10.0. The Kier molecular flexibility index (Phi) is 5.09. The zero-order chi connectivity index (χ0) is 21.5. The fraction of sp³-hybridized carbons (Fsp3) is 0.273. The second kappa shape index (κ2) is 7.59. The van der Waals surface area contributed by atoms with Gasteiger partial charge < -0.3 is 9.88 Å². The molecule has 3 atom stereocenters. The van der Waals surface area contributed by atoms with E-state index in [1.807, 2.05) is 0 Å². The summed E-state index contributed by atoms with van der Waals surface area (Å²) in [5, 5.41) is 2.87. The van der Waals surface area contributed by atoms with E-state index >= 15 is 0 Å². The number of alkyl halides is 3. The van der Waals surface area contributed by atoms with Gasteiger partial charge in [0.15, 0.2) is 0 Å². The Morgan fingerprint density at radius 1 is 1.17 bits per heavy atom. The van der Waals surface area contributed by atoms with E-state index in [1.54, 1.807) is 42.2 Å². The van der Waals surface area contributed by atoms with Crippen molar-refractivity contribution in [1.82, 2.24) is 14.9 Å². The minimum absolute atomic E-state index is 0.157. The van der Waals surface area contributed by atoms with E-state index < -0.39 is 23.6 Å². The molecule has 156 valence electrons. The second-order valence-electron chi connectivity index (χ2n) is 7.43. The molecule has 0 bridgehead atoms. The quantitative estimate of drug-likeness (QED) is 0.618. The molecule has 0 saturated heterocycles. The first-order chi connectivity index (χ1) is 14.3. The largest absolute Gasteiger partial charge is 0.416 e. The van der Waals surface area contributed by atoms with Gasteiger partial charge in [0.1, 0.15) is 17.7 Å². The van der Waals surface area contributed by atoms with Gasteiger partial charge in [0.05, 0.1) is 5.56 Å². The summed E-state index contributed by atoms with van der Waals surface area (Å²) < 4.78 is 54.4. The first-order valence-corrected chi connectivity index (χ1v) is 9.45. The SMILES string of the molecule is Cn1ccnc1C(NC(=O)C1CC1c1ccc(C(F)(F)F)cc1)c1ccccc1F. The van der Waals surface area contributed by atoms with Gasteiger partial charge in [-0.1, -0.05) is 30.3 Å². The number of aromatic nitrogens is 2. The number of carbonyl (C=O) groups excluding carboxylic acids is 1. The Morgan fingerprint density at radius 2 is 1.87 bits per heavy atom. The second-order valence-corrected chi connectivity index (χ2v) is 7.43. The van der Waals surface area contributed by atoms with E-state index in [2.05, 4.69) is 10.3 Å². The van der Waals surface area contributed by atoms with Gasteiger partial charge in [0.2, 0.25) is 5.91 Å². The van der Waals surface area contributed by atoms with E-state index in [1.165, 1.54) is 18.2 Å². The van der Waals surface area contributed by atoms with Gasteiger partial charge in [-0.15, -0.1) is 0 Å². The van der Waals surface area contributed by atoms with Crippen LogP contribution >= 0.6 is 0 Å². The molecule has 1 aromatic heterocycles. The van der Waals surface area contributed by atoms with Crippen molar-refractivity contribution in [2.45, 2.75) is 24.6 Å². The molecule has 2 aromatic carbocycles. The molecule has 30 heavy (non-hydrogen) atoms. The third kappa shape index (κ3) is 3.94. The number of nitrogens with zero attached hydrogens (tertiary/aromatic N) is 2. The highest BCUT2D eigenvalue weighted by atomic mass is 19.4. The minimum Gasteiger partial charge on any atom is -0.342 e. The maximum Gasteiger partial charge on any atom is 0.416 e. The molecule has 1 fully saturated rings. The van der Waals surface area contributed by atoms with Crippen LogP contribution < -0.4 is 5.32 Å². The summed E-state index contributed by atoms with van der Waals surface area (Å²) in [7, 11) is 1.75. The molecule has 1 aliphatic carbocycles. The van der Waals surface area contributed by atoms with Gasteiger partial charge in [-0.25, -0.2) is 9.37 Å². The molecule has 0 aliphatic heterocycles. The Morgan fingerprint density at radius 3 is 2.47 bits per heavy atom. The molecule has 4 nitrogen and oxygen atoms in total. The maximum absolute atomic E-state index is 14.4. The van der Waals surface area contributed by atoms with E-state index in [9.17, 15) is 22.4 Å². The zero-order valence-electron chi connectivity index (χ0n) is 16.0. The lowest BCUT2D eigenvalue weighted by Crippen LogP contribution is -2.33. The molecular formula is C22H19F4N3O. The monoisotopic (exact) mass is 417 g/mol. The third-order valence-corrected chi connectivity index (χ3v) is 5.41. The van der Waals surface area contributed by atoms with Crippen molar-refractivity contribution in [2.75, 3.05) is 0 Å². The number of rotatable bonds is 5. The molecule has 1 heterocycles. The summed E-state index contributed by atoms with van der Waals surface area (Å²) in [5.41, 5.74) is 0.261. The molecule has 1 amide bonds. The number of halogens is 4. The first kappa shape index (κ1) is 20.1. The molecule has 1 saturated carbocycles. The number of benzene rings is 2. The van der Waals surface area contributed by atoms with Crippen molar-refractivity contribution in [3.05, 3.63) is 89.3 Å². The van der Waals surface area contributed by atoms with Crippen LogP contribution in [0.25, 0.3) is 0 Å². The molecule has 4 rings (SSSR count). The number of imidazole rings is 1. The maximum atomic E-state index is 14.4. The molecule has 1 N–H and O–H groups in total. The van der Waals surface area contributed by atoms with Crippen molar-refractivity contribution >= 4 is 5.91 Å². The Balaban J connectivity index is 1.52. The summed E-state index contributed by atoms with van der Waals surface area (Å²) in [6, 6.07) is 10.3. The summed E-state index contributed by atoms with van der Waals surface area (Å²) in [6.45, 7) is 0. The first-order valence-electron chi connectivity index (χ1n) is 9.45. The highest BCUT2D eigenvalue weighted by Gasteiger charge is 2.45. The van der Waals surface area contributed by atoms with Crippen molar-refractivity contribution in [3.8, 4) is 0 Å². The average molecular weight is 417 g/mol. The van der Waals surface area contributed by atoms with Crippen molar-refractivity contribution < 1.29 is 22.4 Å². The smallest absolute Gasteiger partial charge is 0.342 e. The minimum atomic E-state index is -4.39. The number of nitrogens with one attached hydrogen (secondary N) is 1. The third-order valence-electron chi connectivity index (χ3n) is 5.41. The summed E-state index contributed by atoms with van der Waals surface area (Å²) in [5.74, 6) is -0.788. The predicted molar refractivity (Wildman–Crippen MR) is 102 cm³/mol. The van der Waals surface area contributed by atoms with Crippen LogP contribution in [0.1, 0.15) is 40.9 Å². The van der Waals surface area contributed by atoms with Crippen LogP contribution in [0.15, 0.2) is 60.9 Å². The number of hydrogen-bond donors (Lipinski definition) is 1. The summed E-state index contributed by atoms with van der Waals surface area (Å²) in [6.07, 6.45) is -0.593. The van der Waals surface area contributed by atoms with E-state index in [0.717, 1.165) is 12.1 Å². The molecule has 1 aliphatic rings. The standard InChI is InChI=1S/C22H19F4N3O/c1-29-11-10-27-20(29)19(15-4-2-3-5-18(15)23)28-21(30)17-12-16(17)13-6-8-14(9-7-13)22(24,25)26/h2-11,16-17,19H,12H2,1H3,(H,28,30). The lowest BCUT2D eigenvalue weighted by Gasteiger charge is -2.20. The Labute approximate surface area is 170 Å². The van der Waals surface area contributed by atoms with Crippen LogP contribution in [-0.4, -0.2) is 15.5 Å². The fourth-order valence-electron chi connectivity index (χ4n) is 3.67. The van der Waals surface area contributed by atoms with Crippen LogP contribution in [0, 0.1) is 11.7 Å². The van der Waals surface area contributed by atoms with Crippen LogP contribution in [0.4, 0.5) is 17.6 Å². The van der Waals surface area contributed by atoms with Gasteiger partial charge >= 0.3 is 6.18 Å².